The van der Waals surface area contributed by atoms with Crippen LogP contribution >= 0.6 is 11.3 Å². The van der Waals surface area contributed by atoms with E-state index in [1.54, 1.807) is 6.07 Å². The van der Waals surface area contributed by atoms with Gasteiger partial charge in [-0.1, -0.05) is 6.07 Å². The van der Waals surface area contributed by atoms with Crippen LogP contribution < -0.4 is 11.1 Å². The Hall–Kier alpha value is -2.83. The smallest absolute Gasteiger partial charge is 0.323 e. The van der Waals surface area contributed by atoms with E-state index >= 15 is 0 Å². The van der Waals surface area contributed by atoms with Crippen LogP contribution in [0.15, 0.2) is 17.5 Å². The summed E-state index contributed by atoms with van der Waals surface area (Å²) >= 11 is 1.41. The summed E-state index contributed by atoms with van der Waals surface area (Å²) in [5, 5.41) is 5.17. The maximum atomic E-state index is 13.4. The molecule has 0 aliphatic carbocycles. The van der Waals surface area contributed by atoms with Crippen molar-refractivity contribution < 1.29 is 33.5 Å². The van der Waals surface area contributed by atoms with Crippen molar-refractivity contribution in [1.29, 1.82) is 0 Å². The van der Waals surface area contributed by atoms with Gasteiger partial charge in [-0.05, 0) is 24.3 Å². The van der Waals surface area contributed by atoms with E-state index in [0.29, 0.717) is 24.3 Å². The average molecular weight is 450 g/mol. The molecule has 0 bridgehead atoms. The van der Waals surface area contributed by atoms with E-state index in [9.17, 15) is 24.0 Å². The van der Waals surface area contributed by atoms with Gasteiger partial charge in [0.2, 0.25) is 23.3 Å². The lowest BCUT2D eigenvalue weighted by atomic mass is 9.94. The quantitative estimate of drug-likeness (QED) is 0.604. The van der Waals surface area contributed by atoms with Crippen LogP contribution in [0, 0.1) is 0 Å². The predicted octanol–water partition coefficient (Wildman–Crippen LogP) is -0.305. The van der Waals surface area contributed by atoms with Gasteiger partial charge in [-0.2, -0.15) is 5.06 Å². The third-order valence-corrected chi connectivity index (χ3v) is 6.47. The van der Waals surface area contributed by atoms with E-state index in [1.165, 1.54) is 11.3 Å². The number of hydroxylamine groups is 2. The number of hydrogen-bond acceptors (Lipinski definition) is 8. The largest absolute Gasteiger partial charge is 0.370 e. The van der Waals surface area contributed by atoms with Crippen LogP contribution in [-0.4, -0.2) is 70.5 Å². The zero-order valence-corrected chi connectivity index (χ0v) is 17.4. The lowest BCUT2D eigenvalue weighted by Gasteiger charge is -2.41. The van der Waals surface area contributed by atoms with E-state index in [4.69, 9.17) is 15.3 Å². The molecule has 0 saturated carbocycles. The molecular formula is C19H22N4O7S. The Morgan fingerprint density at radius 2 is 2.13 bits per heavy atom. The number of thiophene rings is 1. The molecule has 3 aliphatic rings. The van der Waals surface area contributed by atoms with Crippen molar-refractivity contribution in [3.63, 3.8) is 0 Å². The van der Waals surface area contributed by atoms with E-state index in [1.807, 2.05) is 11.4 Å². The molecule has 3 saturated heterocycles. The average Bonchev–Trinajstić information content (AvgIpc) is 3.50. The van der Waals surface area contributed by atoms with Gasteiger partial charge < -0.3 is 15.8 Å². The maximum absolute atomic E-state index is 13.4. The van der Waals surface area contributed by atoms with Gasteiger partial charge in [-0.25, -0.2) is 9.69 Å². The Balaban J connectivity index is 1.58. The number of primary amides is 1. The maximum Gasteiger partial charge on any atom is 0.323 e. The Morgan fingerprint density at radius 3 is 2.77 bits per heavy atom. The molecule has 5 amide bonds. The number of nitrogens with two attached hydrogens (primary N) is 1. The lowest BCUT2D eigenvalue weighted by molar-refractivity contribution is -0.219. The Kier molecular flexibility index (Phi) is 5.77. The number of likely N-dealkylation sites (tertiary alicyclic amines) is 1. The number of nitrogens with one attached hydrogen (secondary N) is 1. The van der Waals surface area contributed by atoms with Crippen LogP contribution in [0.2, 0.25) is 0 Å². The molecule has 3 atom stereocenters. The van der Waals surface area contributed by atoms with Crippen molar-refractivity contribution >= 4 is 40.9 Å². The first-order valence-electron chi connectivity index (χ1n) is 9.91. The number of Topliss-reactive ketones (excluding diaryl/α,β-unsaturated/α-hetero) is 1. The van der Waals surface area contributed by atoms with Crippen LogP contribution in [0.25, 0.3) is 0 Å². The molecule has 11 nitrogen and oxygen atoms in total. The summed E-state index contributed by atoms with van der Waals surface area (Å²) in [6.07, 6.45) is -0.0964. The van der Waals surface area contributed by atoms with Gasteiger partial charge in [-0.15, -0.1) is 11.3 Å². The third kappa shape index (κ3) is 3.70. The highest BCUT2D eigenvalue weighted by Gasteiger charge is 2.63. The van der Waals surface area contributed by atoms with E-state index in [-0.39, 0.29) is 31.8 Å². The summed E-state index contributed by atoms with van der Waals surface area (Å²) in [6.45, 7) is 0.115. The first-order chi connectivity index (χ1) is 14.8. The Labute approximate surface area is 181 Å². The molecule has 12 heteroatoms. The molecule has 0 radical (unpaired) electrons. The normalized spacial score (nSPS) is 28.4. The lowest BCUT2D eigenvalue weighted by Crippen LogP contribution is -2.68. The van der Waals surface area contributed by atoms with Gasteiger partial charge in [0, 0.05) is 24.3 Å². The van der Waals surface area contributed by atoms with Crippen LogP contribution in [-0.2, 0) is 35.2 Å². The fourth-order valence-corrected chi connectivity index (χ4v) is 4.92. The molecule has 3 N–H and O–H groups in total. The highest BCUT2D eigenvalue weighted by molar-refractivity contribution is 7.10. The molecule has 0 aromatic carbocycles. The second-order valence-electron chi connectivity index (χ2n) is 7.55. The molecule has 1 aromatic heterocycles. The van der Waals surface area contributed by atoms with Crippen LogP contribution in [0.3, 0.4) is 0 Å². The predicted molar refractivity (Wildman–Crippen MR) is 105 cm³/mol. The SMILES string of the molecule is NC(=O)N1C(=O)CCC1(C(=O)C1CCCO1)N1OC[C@H](NC(=O)Cc2cccs2)C1=O. The number of amides is 5. The fraction of sp³-hybridized carbons (Fsp3) is 0.526. The molecule has 2 unspecified atom stereocenters. The third-order valence-electron chi connectivity index (χ3n) is 5.60. The van der Waals surface area contributed by atoms with Gasteiger partial charge in [-0.3, -0.25) is 24.0 Å². The van der Waals surface area contributed by atoms with Crippen LogP contribution in [0.4, 0.5) is 4.79 Å². The second-order valence-corrected chi connectivity index (χ2v) is 8.59. The van der Waals surface area contributed by atoms with Gasteiger partial charge in [0.1, 0.15) is 18.8 Å². The summed E-state index contributed by atoms with van der Waals surface area (Å²) in [4.78, 5) is 70.3. The number of rotatable bonds is 6. The molecule has 4 heterocycles. The fourth-order valence-electron chi connectivity index (χ4n) is 4.22. The van der Waals surface area contributed by atoms with Crippen molar-refractivity contribution in [1.82, 2.24) is 15.3 Å². The highest BCUT2D eigenvalue weighted by Crippen LogP contribution is 2.39. The number of ketones is 1. The summed E-state index contributed by atoms with van der Waals surface area (Å²) < 4.78 is 5.46. The first kappa shape index (κ1) is 21.4. The molecule has 1 aromatic rings. The zero-order chi connectivity index (χ0) is 22.2. The number of carbonyl (C=O) groups is 5. The minimum atomic E-state index is -2.03. The molecule has 166 valence electrons. The number of carbonyl (C=O) groups excluding carboxylic acids is 5. The molecule has 3 aliphatic heterocycles. The number of urea groups is 1. The molecule has 0 spiro atoms. The number of hydrogen-bond donors (Lipinski definition) is 2. The molecule has 31 heavy (non-hydrogen) atoms. The summed E-state index contributed by atoms with van der Waals surface area (Å²) in [7, 11) is 0. The topological polar surface area (TPSA) is 148 Å². The van der Waals surface area contributed by atoms with Crippen molar-refractivity contribution in [3.05, 3.63) is 22.4 Å². The Morgan fingerprint density at radius 1 is 1.32 bits per heavy atom. The van der Waals surface area contributed by atoms with E-state index < -0.39 is 41.4 Å². The van der Waals surface area contributed by atoms with Gasteiger partial charge in [0.05, 0.1) is 6.42 Å². The molecular weight excluding hydrogens is 428 g/mol. The minimum Gasteiger partial charge on any atom is -0.370 e. The van der Waals surface area contributed by atoms with E-state index in [2.05, 4.69) is 5.32 Å². The van der Waals surface area contributed by atoms with Crippen molar-refractivity contribution in [2.45, 2.75) is 49.9 Å². The molecule has 3 fully saturated rings. The standard InChI is InChI=1S/C19H22N4O7S/c20-18(28)22-15(25)5-6-19(22,16(26)13-4-1-7-29-13)23-17(27)12(10-30-23)21-14(24)9-11-3-2-8-31-11/h2-3,8,12-13H,1,4-7,9-10H2,(H2,20,28)(H,21,24)/t12-,13?,19?/m0/s1. The van der Waals surface area contributed by atoms with E-state index in [0.717, 1.165) is 9.94 Å². The number of ether oxygens (including phenoxy) is 1. The number of nitrogens with zero attached hydrogens (tertiary/aromatic N) is 2. The summed E-state index contributed by atoms with van der Waals surface area (Å²) in [5.74, 6) is -2.43. The van der Waals surface area contributed by atoms with Crippen LogP contribution in [0.5, 0.6) is 0 Å². The van der Waals surface area contributed by atoms with Gasteiger partial charge in [0.15, 0.2) is 0 Å². The van der Waals surface area contributed by atoms with Gasteiger partial charge in [0.25, 0.3) is 5.91 Å². The first-order valence-corrected chi connectivity index (χ1v) is 10.8. The number of imide groups is 1. The molecule has 4 rings (SSSR count). The van der Waals surface area contributed by atoms with Crippen molar-refractivity contribution in [2.75, 3.05) is 13.2 Å². The van der Waals surface area contributed by atoms with Crippen molar-refractivity contribution in [2.24, 2.45) is 5.73 Å². The summed E-state index contributed by atoms with van der Waals surface area (Å²) in [6, 6.07) is 1.39. The zero-order valence-electron chi connectivity index (χ0n) is 16.6. The minimum absolute atomic E-state index is 0.0906. The summed E-state index contributed by atoms with van der Waals surface area (Å²) in [5.41, 5.74) is 3.39. The van der Waals surface area contributed by atoms with Crippen LogP contribution in [0.1, 0.15) is 30.6 Å². The van der Waals surface area contributed by atoms with Crippen molar-refractivity contribution in [3.8, 4) is 0 Å². The highest BCUT2D eigenvalue weighted by atomic mass is 32.1. The monoisotopic (exact) mass is 450 g/mol. The Bertz CT molecular complexity index is 914. The van der Waals surface area contributed by atoms with Gasteiger partial charge >= 0.3 is 6.03 Å². The second kappa shape index (κ2) is 8.36.